The van der Waals surface area contributed by atoms with Crippen molar-refractivity contribution in [2.75, 3.05) is 0 Å². The Bertz CT molecular complexity index is 549. The minimum atomic E-state index is -0.452. The van der Waals surface area contributed by atoms with E-state index < -0.39 is 5.54 Å². The summed E-state index contributed by atoms with van der Waals surface area (Å²) in [4.78, 5) is 12.8. The average molecular weight is 280 g/mol. The molecule has 1 aromatic carbocycles. The van der Waals surface area contributed by atoms with Crippen molar-refractivity contribution in [2.45, 2.75) is 19.4 Å². The van der Waals surface area contributed by atoms with Gasteiger partial charge in [-0.05, 0) is 43.0 Å². The maximum atomic E-state index is 12.0. The number of hydrogen-bond donors (Lipinski definition) is 1. The summed E-state index contributed by atoms with van der Waals surface area (Å²) in [6, 6.07) is 11.2. The number of halogens is 1. The highest BCUT2D eigenvalue weighted by Gasteiger charge is 2.23. The van der Waals surface area contributed by atoms with Gasteiger partial charge in [-0.1, -0.05) is 29.8 Å². The Hall–Kier alpha value is -1.32. The van der Waals surface area contributed by atoms with Crippen LogP contribution in [-0.2, 0) is 5.54 Å². The Labute approximate surface area is 116 Å². The molecule has 1 amide bonds. The number of nitrogens with one attached hydrogen (secondary N) is 1. The number of amides is 1. The molecule has 4 heteroatoms. The molecule has 0 atom stereocenters. The Morgan fingerprint density at radius 2 is 2.06 bits per heavy atom. The normalized spacial score (nSPS) is 11.3. The van der Waals surface area contributed by atoms with Crippen LogP contribution in [0, 0.1) is 0 Å². The molecule has 0 aliphatic rings. The third-order valence-corrected chi connectivity index (χ3v) is 3.82. The number of carbonyl (C=O) groups is 1. The molecule has 0 aliphatic heterocycles. The number of benzene rings is 1. The van der Waals surface area contributed by atoms with E-state index in [0.717, 1.165) is 5.56 Å². The Kier molecular flexibility index (Phi) is 3.73. The summed E-state index contributed by atoms with van der Waals surface area (Å²) in [6.45, 7) is 3.92. The monoisotopic (exact) mass is 279 g/mol. The quantitative estimate of drug-likeness (QED) is 0.902. The molecule has 2 nitrogen and oxygen atoms in total. The minimum Gasteiger partial charge on any atom is -0.342 e. The first kappa shape index (κ1) is 13.1. The predicted octanol–water partition coefficient (Wildman–Crippen LogP) is 4.07. The second-order valence-corrected chi connectivity index (χ2v) is 5.95. The molecule has 18 heavy (non-hydrogen) atoms. The van der Waals surface area contributed by atoms with Crippen LogP contribution in [0.5, 0.6) is 0 Å². The molecule has 2 aromatic rings. The zero-order valence-electron chi connectivity index (χ0n) is 10.2. The standard InChI is InChI=1S/C14H14ClNOS/c1-14(2,10-5-3-6-11(15)9-10)16-13(17)12-7-4-8-18-12/h3-9H,1-2H3,(H,16,17). The summed E-state index contributed by atoms with van der Waals surface area (Å²) < 4.78 is 0. The van der Waals surface area contributed by atoms with Crippen molar-refractivity contribution in [2.24, 2.45) is 0 Å². The fourth-order valence-electron chi connectivity index (χ4n) is 1.70. The van der Waals surface area contributed by atoms with Crippen molar-refractivity contribution >= 4 is 28.8 Å². The van der Waals surface area contributed by atoms with Crippen LogP contribution >= 0.6 is 22.9 Å². The number of rotatable bonds is 3. The van der Waals surface area contributed by atoms with Crippen molar-refractivity contribution in [3.8, 4) is 0 Å². The van der Waals surface area contributed by atoms with Crippen molar-refractivity contribution in [1.29, 1.82) is 0 Å². The van der Waals surface area contributed by atoms with E-state index in [1.165, 1.54) is 11.3 Å². The van der Waals surface area contributed by atoms with Crippen molar-refractivity contribution < 1.29 is 4.79 Å². The van der Waals surface area contributed by atoms with Crippen LogP contribution in [0.25, 0.3) is 0 Å². The summed E-state index contributed by atoms with van der Waals surface area (Å²) in [5, 5.41) is 5.58. The predicted molar refractivity (Wildman–Crippen MR) is 76.3 cm³/mol. The molecule has 2 rings (SSSR count). The van der Waals surface area contributed by atoms with E-state index in [9.17, 15) is 4.79 Å². The summed E-state index contributed by atoms with van der Waals surface area (Å²) in [6.07, 6.45) is 0. The summed E-state index contributed by atoms with van der Waals surface area (Å²) in [7, 11) is 0. The van der Waals surface area contributed by atoms with Gasteiger partial charge in [-0.3, -0.25) is 4.79 Å². The molecular weight excluding hydrogens is 266 g/mol. The highest BCUT2D eigenvalue weighted by Crippen LogP contribution is 2.24. The lowest BCUT2D eigenvalue weighted by atomic mass is 9.94. The van der Waals surface area contributed by atoms with Crippen molar-refractivity contribution in [3.05, 3.63) is 57.2 Å². The second kappa shape index (κ2) is 5.12. The van der Waals surface area contributed by atoms with E-state index in [2.05, 4.69) is 5.32 Å². The smallest absolute Gasteiger partial charge is 0.262 e. The molecule has 0 bridgehead atoms. The van der Waals surface area contributed by atoms with Gasteiger partial charge in [0.05, 0.1) is 10.4 Å². The van der Waals surface area contributed by atoms with Gasteiger partial charge in [0, 0.05) is 5.02 Å². The molecule has 94 valence electrons. The third-order valence-electron chi connectivity index (χ3n) is 2.72. The Morgan fingerprint density at radius 1 is 1.28 bits per heavy atom. The first-order valence-electron chi connectivity index (χ1n) is 5.61. The molecule has 0 saturated carbocycles. The van der Waals surface area contributed by atoms with Crippen LogP contribution in [0.15, 0.2) is 41.8 Å². The van der Waals surface area contributed by atoms with Gasteiger partial charge in [0.15, 0.2) is 0 Å². The van der Waals surface area contributed by atoms with Gasteiger partial charge in [-0.15, -0.1) is 11.3 Å². The number of hydrogen-bond acceptors (Lipinski definition) is 2. The lowest BCUT2D eigenvalue weighted by molar-refractivity contribution is 0.0916. The van der Waals surface area contributed by atoms with Crippen LogP contribution in [0.2, 0.25) is 5.02 Å². The Balaban J connectivity index is 2.19. The van der Waals surface area contributed by atoms with Gasteiger partial charge in [-0.25, -0.2) is 0 Å². The maximum absolute atomic E-state index is 12.0. The maximum Gasteiger partial charge on any atom is 0.262 e. The van der Waals surface area contributed by atoms with Gasteiger partial charge in [0.1, 0.15) is 0 Å². The molecule has 0 saturated heterocycles. The van der Waals surface area contributed by atoms with Crippen LogP contribution < -0.4 is 5.32 Å². The van der Waals surface area contributed by atoms with E-state index in [1.54, 1.807) is 0 Å². The van der Waals surface area contributed by atoms with E-state index in [1.807, 2.05) is 55.6 Å². The van der Waals surface area contributed by atoms with E-state index in [4.69, 9.17) is 11.6 Å². The Morgan fingerprint density at radius 3 is 2.67 bits per heavy atom. The minimum absolute atomic E-state index is 0.0602. The van der Waals surface area contributed by atoms with Gasteiger partial charge in [0.25, 0.3) is 5.91 Å². The van der Waals surface area contributed by atoms with Crippen LogP contribution in [-0.4, -0.2) is 5.91 Å². The van der Waals surface area contributed by atoms with Crippen molar-refractivity contribution in [1.82, 2.24) is 5.32 Å². The largest absolute Gasteiger partial charge is 0.342 e. The number of thiophene rings is 1. The van der Waals surface area contributed by atoms with Gasteiger partial charge in [-0.2, -0.15) is 0 Å². The third kappa shape index (κ3) is 2.92. The van der Waals surface area contributed by atoms with Crippen LogP contribution in [0.4, 0.5) is 0 Å². The highest BCUT2D eigenvalue weighted by atomic mass is 35.5. The van der Waals surface area contributed by atoms with Gasteiger partial charge in [0.2, 0.25) is 0 Å². The molecule has 1 aromatic heterocycles. The fraction of sp³-hybridized carbons (Fsp3) is 0.214. The molecule has 0 spiro atoms. The molecule has 1 N–H and O–H groups in total. The highest BCUT2D eigenvalue weighted by molar-refractivity contribution is 7.12. The van der Waals surface area contributed by atoms with Crippen LogP contribution in [0.1, 0.15) is 29.1 Å². The van der Waals surface area contributed by atoms with Gasteiger partial charge < -0.3 is 5.32 Å². The van der Waals surface area contributed by atoms with Gasteiger partial charge >= 0.3 is 0 Å². The fourth-order valence-corrected chi connectivity index (χ4v) is 2.51. The van der Waals surface area contributed by atoms with Crippen LogP contribution in [0.3, 0.4) is 0 Å². The first-order chi connectivity index (χ1) is 8.49. The molecule has 0 aliphatic carbocycles. The molecule has 0 radical (unpaired) electrons. The second-order valence-electron chi connectivity index (χ2n) is 4.57. The first-order valence-corrected chi connectivity index (χ1v) is 6.87. The SMILES string of the molecule is CC(C)(NC(=O)c1cccs1)c1cccc(Cl)c1. The summed E-state index contributed by atoms with van der Waals surface area (Å²) >= 11 is 7.41. The van der Waals surface area contributed by atoms with E-state index in [-0.39, 0.29) is 5.91 Å². The van der Waals surface area contributed by atoms with Crippen molar-refractivity contribution in [3.63, 3.8) is 0 Å². The molecule has 1 heterocycles. The molecule has 0 fully saturated rings. The number of carbonyl (C=O) groups excluding carboxylic acids is 1. The zero-order valence-corrected chi connectivity index (χ0v) is 11.8. The summed E-state index contributed by atoms with van der Waals surface area (Å²) in [5.41, 5.74) is 0.534. The topological polar surface area (TPSA) is 29.1 Å². The lowest BCUT2D eigenvalue weighted by Gasteiger charge is -2.26. The van der Waals surface area contributed by atoms with E-state index in [0.29, 0.717) is 9.90 Å². The molecular formula is C14H14ClNOS. The lowest BCUT2D eigenvalue weighted by Crippen LogP contribution is -2.40. The zero-order chi connectivity index (χ0) is 13.2. The molecule has 0 unspecified atom stereocenters. The average Bonchev–Trinajstić information content (AvgIpc) is 2.82. The summed E-state index contributed by atoms with van der Waals surface area (Å²) in [5.74, 6) is -0.0602. The van der Waals surface area contributed by atoms with E-state index >= 15 is 0 Å².